The first kappa shape index (κ1) is 31.5. The highest BCUT2D eigenvalue weighted by atomic mass is 35.5. The Kier molecular flexibility index (Phi) is 11.4. The van der Waals surface area contributed by atoms with E-state index >= 15 is 0 Å². The van der Waals surface area contributed by atoms with E-state index in [0.717, 1.165) is 28.3 Å². The molecule has 2 amide bonds. The van der Waals surface area contributed by atoms with E-state index in [-0.39, 0.29) is 33.1 Å². The largest absolute Gasteiger partial charge is 0.354 e. The highest BCUT2D eigenvalue weighted by molar-refractivity contribution is 7.92. The van der Waals surface area contributed by atoms with Crippen molar-refractivity contribution in [3.05, 3.63) is 94.0 Å². The fourth-order valence-electron chi connectivity index (χ4n) is 4.31. The standard InChI is InChI=1S/C30H35Cl2N3O4S/c1-4-6-19-33-30(37)26(5-2)34(20-23-14-11-10-13-22(23)3)28(36)21-35(27-18-12-17-25(31)29(27)32)40(38,39)24-15-8-7-9-16-24/h7-18,26H,4-6,19-21H2,1-3H3,(H,33,37)/t26-/m0/s1. The van der Waals surface area contributed by atoms with Crippen LogP contribution in [0.15, 0.2) is 77.7 Å². The second kappa shape index (κ2) is 14.5. The average molecular weight is 605 g/mol. The van der Waals surface area contributed by atoms with Crippen molar-refractivity contribution in [1.29, 1.82) is 0 Å². The molecule has 1 atom stereocenters. The Labute approximate surface area is 247 Å². The van der Waals surface area contributed by atoms with Crippen LogP contribution in [0.2, 0.25) is 10.0 Å². The van der Waals surface area contributed by atoms with Gasteiger partial charge in [0.1, 0.15) is 12.6 Å². The molecule has 0 heterocycles. The maximum absolute atomic E-state index is 14.1. The molecule has 0 unspecified atom stereocenters. The average Bonchev–Trinajstić information content (AvgIpc) is 2.94. The molecule has 3 aromatic carbocycles. The third kappa shape index (κ3) is 7.56. The molecule has 214 valence electrons. The summed E-state index contributed by atoms with van der Waals surface area (Å²) in [6.07, 6.45) is 2.07. The lowest BCUT2D eigenvalue weighted by Gasteiger charge is -2.33. The molecule has 1 N–H and O–H groups in total. The zero-order valence-electron chi connectivity index (χ0n) is 22.9. The Morgan fingerprint density at radius 2 is 1.60 bits per heavy atom. The Balaban J connectivity index is 2.08. The zero-order chi connectivity index (χ0) is 29.3. The van der Waals surface area contributed by atoms with Crippen LogP contribution < -0.4 is 9.62 Å². The molecule has 0 aliphatic rings. The summed E-state index contributed by atoms with van der Waals surface area (Å²) in [6.45, 7) is 5.83. The molecule has 10 heteroatoms. The van der Waals surface area contributed by atoms with Crippen LogP contribution in [0.5, 0.6) is 0 Å². The van der Waals surface area contributed by atoms with E-state index in [1.807, 2.05) is 45.0 Å². The first-order valence-corrected chi connectivity index (χ1v) is 15.4. The summed E-state index contributed by atoms with van der Waals surface area (Å²) in [4.78, 5) is 28.8. The summed E-state index contributed by atoms with van der Waals surface area (Å²) in [6, 6.07) is 19.2. The fraction of sp³-hybridized carbons (Fsp3) is 0.333. The summed E-state index contributed by atoms with van der Waals surface area (Å²) in [5, 5.41) is 3.08. The number of nitrogens with zero attached hydrogens (tertiary/aromatic N) is 2. The van der Waals surface area contributed by atoms with Crippen LogP contribution in [-0.2, 0) is 26.2 Å². The van der Waals surface area contributed by atoms with Gasteiger partial charge >= 0.3 is 0 Å². The van der Waals surface area contributed by atoms with E-state index in [2.05, 4.69) is 5.32 Å². The van der Waals surface area contributed by atoms with Crippen LogP contribution in [0.3, 0.4) is 0 Å². The number of nitrogens with one attached hydrogen (secondary N) is 1. The van der Waals surface area contributed by atoms with Crippen molar-refractivity contribution in [2.75, 3.05) is 17.4 Å². The van der Waals surface area contributed by atoms with Gasteiger partial charge in [-0.15, -0.1) is 0 Å². The number of rotatable bonds is 13. The van der Waals surface area contributed by atoms with E-state index in [0.29, 0.717) is 13.0 Å². The molecule has 3 rings (SSSR count). The van der Waals surface area contributed by atoms with Gasteiger partial charge in [-0.25, -0.2) is 8.42 Å². The Morgan fingerprint density at radius 3 is 2.25 bits per heavy atom. The van der Waals surface area contributed by atoms with Gasteiger partial charge in [0, 0.05) is 13.1 Å². The topological polar surface area (TPSA) is 86.8 Å². The maximum Gasteiger partial charge on any atom is 0.264 e. The number of carbonyl (C=O) groups excluding carboxylic acids is 2. The molecule has 0 spiro atoms. The van der Waals surface area contributed by atoms with Crippen LogP contribution in [0.4, 0.5) is 5.69 Å². The van der Waals surface area contributed by atoms with Crippen LogP contribution in [-0.4, -0.2) is 44.3 Å². The van der Waals surface area contributed by atoms with Crippen molar-refractivity contribution in [3.8, 4) is 0 Å². The summed E-state index contributed by atoms with van der Waals surface area (Å²) >= 11 is 12.7. The smallest absolute Gasteiger partial charge is 0.264 e. The lowest BCUT2D eigenvalue weighted by molar-refractivity contribution is -0.140. The third-order valence-corrected chi connectivity index (χ3v) is 9.21. The van der Waals surface area contributed by atoms with Crippen molar-refractivity contribution >= 4 is 50.7 Å². The van der Waals surface area contributed by atoms with Crippen LogP contribution in [0.1, 0.15) is 44.2 Å². The Morgan fingerprint density at radius 1 is 0.925 bits per heavy atom. The second-order valence-electron chi connectivity index (χ2n) is 9.41. The van der Waals surface area contributed by atoms with Gasteiger partial charge < -0.3 is 10.2 Å². The molecule has 0 aliphatic heterocycles. The molecule has 0 aromatic heterocycles. The SMILES string of the molecule is CCCCNC(=O)[C@H](CC)N(Cc1ccccc1C)C(=O)CN(c1cccc(Cl)c1Cl)S(=O)(=O)c1ccccc1. The Bertz CT molecular complexity index is 1420. The third-order valence-electron chi connectivity index (χ3n) is 6.63. The summed E-state index contributed by atoms with van der Waals surface area (Å²) in [5.41, 5.74) is 1.88. The molecule has 0 bridgehead atoms. The van der Waals surface area contributed by atoms with Gasteiger partial charge in [-0.05, 0) is 55.2 Å². The highest BCUT2D eigenvalue weighted by Gasteiger charge is 2.34. The van der Waals surface area contributed by atoms with Crippen molar-refractivity contribution in [1.82, 2.24) is 10.2 Å². The Hall–Kier alpha value is -3.07. The van der Waals surface area contributed by atoms with Gasteiger partial charge in [0.05, 0.1) is 20.6 Å². The van der Waals surface area contributed by atoms with Crippen LogP contribution in [0.25, 0.3) is 0 Å². The number of benzene rings is 3. The minimum Gasteiger partial charge on any atom is -0.354 e. The molecule has 0 saturated heterocycles. The monoisotopic (exact) mass is 603 g/mol. The van der Waals surface area contributed by atoms with E-state index in [1.54, 1.807) is 30.3 Å². The molecule has 40 heavy (non-hydrogen) atoms. The highest BCUT2D eigenvalue weighted by Crippen LogP contribution is 2.35. The first-order valence-electron chi connectivity index (χ1n) is 13.2. The minimum absolute atomic E-state index is 0.00581. The summed E-state index contributed by atoms with van der Waals surface area (Å²) < 4.78 is 28.7. The molecular formula is C30H35Cl2N3O4S. The first-order chi connectivity index (χ1) is 19.1. The number of carbonyl (C=O) groups is 2. The van der Waals surface area contributed by atoms with E-state index in [9.17, 15) is 18.0 Å². The van der Waals surface area contributed by atoms with Gasteiger partial charge in [-0.3, -0.25) is 13.9 Å². The number of aryl methyl sites for hydroxylation is 1. The molecule has 0 radical (unpaired) electrons. The molecule has 3 aromatic rings. The van der Waals surface area contributed by atoms with E-state index in [4.69, 9.17) is 23.2 Å². The number of unbranched alkanes of at least 4 members (excludes halogenated alkanes) is 1. The summed E-state index contributed by atoms with van der Waals surface area (Å²) in [5.74, 6) is -0.826. The molecular weight excluding hydrogens is 569 g/mol. The number of hydrogen-bond acceptors (Lipinski definition) is 4. The van der Waals surface area contributed by atoms with Crippen molar-refractivity contribution in [2.45, 2.75) is 57.5 Å². The van der Waals surface area contributed by atoms with Gasteiger partial charge in [-0.1, -0.05) is 92.0 Å². The van der Waals surface area contributed by atoms with Crippen molar-refractivity contribution in [3.63, 3.8) is 0 Å². The number of sulfonamides is 1. The minimum atomic E-state index is -4.23. The van der Waals surface area contributed by atoms with Gasteiger partial charge in [0.15, 0.2) is 0 Å². The predicted molar refractivity (Wildman–Crippen MR) is 161 cm³/mol. The van der Waals surface area contributed by atoms with E-state index < -0.39 is 28.5 Å². The quantitative estimate of drug-likeness (QED) is 0.235. The predicted octanol–water partition coefficient (Wildman–Crippen LogP) is 6.22. The number of halogens is 2. The van der Waals surface area contributed by atoms with Gasteiger partial charge in [0.25, 0.3) is 10.0 Å². The second-order valence-corrected chi connectivity index (χ2v) is 12.1. The fourth-order valence-corrected chi connectivity index (χ4v) is 6.21. The van der Waals surface area contributed by atoms with Gasteiger partial charge in [0.2, 0.25) is 11.8 Å². The van der Waals surface area contributed by atoms with Gasteiger partial charge in [-0.2, -0.15) is 0 Å². The molecule has 0 saturated carbocycles. The number of anilines is 1. The normalized spacial score (nSPS) is 12.0. The van der Waals surface area contributed by atoms with Crippen LogP contribution in [0, 0.1) is 6.92 Å². The zero-order valence-corrected chi connectivity index (χ0v) is 25.3. The lowest BCUT2D eigenvalue weighted by atomic mass is 10.1. The van der Waals surface area contributed by atoms with Crippen molar-refractivity contribution < 1.29 is 18.0 Å². The summed E-state index contributed by atoms with van der Waals surface area (Å²) in [7, 11) is -4.23. The van der Waals surface area contributed by atoms with Crippen molar-refractivity contribution in [2.24, 2.45) is 0 Å². The lowest BCUT2D eigenvalue weighted by Crippen LogP contribution is -2.52. The number of amides is 2. The van der Waals surface area contributed by atoms with E-state index in [1.165, 1.54) is 23.1 Å². The number of hydrogen-bond donors (Lipinski definition) is 1. The van der Waals surface area contributed by atoms with Crippen LogP contribution >= 0.6 is 23.2 Å². The maximum atomic E-state index is 14.1. The molecule has 7 nitrogen and oxygen atoms in total. The molecule has 0 fully saturated rings. The molecule has 0 aliphatic carbocycles.